The van der Waals surface area contributed by atoms with Gasteiger partial charge in [0.2, 0.25) is 0 Å². The molecule has 120 valence electrons. The summed E-state index contributed by atoms with van der Waals surface area (Å²) in [5.41, 5.74) is 7.24. The van der Waals surface area contributed by atoms with Crippen LogP contribution in [0.25, 0.3) is 0 Å². The average Bonchev–Trinajstić information content (AvgIpc) is 2.82. The summed E-state index contributed by atoms with van der Waals surface area (Å²) >= 11 is 0. The number of carbonyl (C=O) groups is 1. The summed E-state index contributed by atoms with van der Waals surface area (Å²) in [6, 6.07) is 5.55. The van der Waals surface area contributed by atoms with Crippen LogP contribution in [0, 0.1) is 5.92 Å². The minimum Gasteiger partial charge on any atom is -0.492 e. The van der Waals surface area contributed by atoms with Crippen LogP contribution in [0.4, 0.5) is 0 Å². The first kappa shape index (κ1) is 16.8. The highest BCUT2D eigenvalue weighted by Gasteiger charge is 2.37. The Labute approximate surface area is 130 Å². The second-order valence-electron chi connectivity index (χ2n) is 5.69. The van der Waals surface area contributed by atoms with Crippen molar-refractivity contribution in [2.45, 2.75) is 31.5 Å². The van der Waals surface area contributed by atoms with Crippen LogP contribution in [0.1, 0.15) is 29.9 Å². The third-order valence-electron chi connectivity index (χ3n) is 4.10. The van der Waals surface area contributed by atoms with Crippen molar-refractivity contribution in [3.63, 3.8) is 0 Å². The highest BCUT2D eigenvalue weighted by Crippen LogP contribution is 2.42. The molecule has 0 saturated carbocycles. The number of hydrogen-bond acceptors (Lipinski definition) is 5. The maximum absolute atomic E-state index is 11.6. The Morgan fingerprint density at radius 1 is 1.41 bits per heavy atom. The molecule has 0 saturated heterocycles. The van der Waals surface area contributed by atoms with E-state index in [1.165, 1.54) is 0 Å². The van der Waals surface area contributed by atoms with Gasteiger partial charge in [0.25, 0.3) is 0 Å². The van der Waals surface area contributed by atoms with Crippen molar-refractivity contribution >= 4 is 13.1 Å². The number of aliphatic carboxylic acids is 1. The van der Waals surface area contributed by atoms with Gasteiger partial charge in [0.05, 0.1) is 5.92 Å². The molecular formula is C15H22BNO5. The lowest BCUT2D eigenvalue weighted by Crippen LogP contribution is -2.18. The van der Waals surface area contributed by atoms with Crippen molar-refractivity contribution < 1.29 is 24.7 Å². The smallest absolute Gasteiger partial charge is 0.451 e. The van der Waals surface area contributed by atoms with E-state index in [1.54, 1.807) is 6.07 Å². The van der Waals surface area contributed by atoms with E-state index in [9.17, 15) is 9.90 Å². The molecule has 6 nitrogen and oxygen atoms in total. The van der Waals surface area contributed by atoms with Crippen LogP contribution < -0.4 is 10.5 Å². The first-order chi connectivity index (χ1) is 10.5. The van der Waals surface area contributed by atoms with Crippen LogP contribution in [0.5, 0.6) is 5.75 Å². The molecule has 0 heterocycles. The fraction of sp³-hybridized carbons (Fsp3) is 0.533. The van der Waals surface area contributed by atoms with E-state index < -0.39 is 19.0 Å². The Balaban J connectivity index is 2.11. The predicted octanol–water partition coefficient (Wildman–Crippen LogP) is 0.618. The van der Waals surface area contributed by atoms with Crippen LogP contribution in [0.2, 0.25) is 6.32 Å². The summed E-state index contributed by atoms with van der Waals surface area (Å²) in [4.78, 5) is 11.6. The van der Waals surface area contributed by atoms with E-state index >= 15 is 0 Å². The maximum atomic E-state index is 11.6. The SMILES string of the molecule is NCCOc1ccc2c(c1)[C@@H](C(=O)O)[C@@H](CCCB(O)O)C2. The zero-order valence-corrected chi connectivity index (χ0v) is 12.4. The highest BCUT2D eigenvalue weighted by molar-refractivity contribution is 6.40. The monoisotopic (exact) mass is 307 g/mol. The standard InChI is InChI=1S/C15H22BNO5/c17-6-7-22-12-4-3-10-8-11(2-1-5-16(20)21)14(15(18)19)13(10)9-12/h3-4,9,11,14,20-21H,1-2,5-8,17H2,(H,18,19)/t11-,14-/m0/s1. The molecule has 0 aromatic heterocycles. The van der Waals surface area contributed by atoms with Crippen molar-refractivity contribution in [2.24, 2.45) is 11.7 Å². The molecule has 1 aliphatic rings. The molecule has 2 atom stereocenters. The van der Waals surface area contributed by atoms with E-state index in [-0.39, 0.29) is 12.2 Å². The lowest BCUT2D eigenvalue weighted by molar-refractivity contribution is -0.139. The average molecular weight is 307 g/mol. The lowest BCUT2D eigenvalue weighted by Gasteiger charge is -2.16. The molecule has 1 aromatic rings. The van der Waals surface area contributed by atoms with Crippen molar-refractivity contribution in [2.75, 3.05) is 13.2 Å². The van der Waals surface area contributed by atoms with Gasteiger partial charge in [-0.15, -0.1) is 0 Å². The molecule has 22 heavy (non-hydrogen) atoms. The molecular weight excluding hydrogens is 285 g/mol. The summed E-state index contributed by atoms with van der Waals surface area (Å²) in [6.45, 7) is 0.805. The Kier molecular flexibility index (Phi) is 5.82. The summed E-state index contributed by atoms with van der Waals surface area (Å²) in [5, 5.41) is 27.4. The maximum Gasteiger partial charge on any atom is 0.451 e. The van der Waals surface area contributed by atoms with Crippen LogP contribution >= 0.6 is 0 Å². The van der Waals surface area contributed by atoms with Gasteiger partial charge in [-0.1, -0.05) is 12.5 Å². The van der Waals surface area contributed by atoms with Gasteiger partial charge >= 0.3 is 13.1 Å². The molecule has 1 aliphatic carbocycles. The number of rotatable bonds is 8. The Morgan fingerprint density at radius 2 is 2.18 bits per heavy atom. The van der Waals surface area contributed by atoms with Crippen molar-refractivity contribution in [3.8, 4) is 5.75 Å². The summed E-state index contributed by atoms with van der Waals surface area (Å²) in [5.74, 6) is -0.783. The molecule has 0 aliphatic heterocycles. The minimum absolute atomic E-state index is 0.0176. The Hall–Kier alpha value is -1.57. The molecule has 0 fully saturated rings. The first-order valence-electron chi connectivity index (χ1n) is 7.57. The summed E-state index contributed by atoms with van der Waals surface area (Å²) in [6.07, 6.45) is 2.22. The molecule has 0 radical (unpaired) electrons. The van der Waals surface area contributed by atoms with Crippen LogP contribution in [0.3, 0.4) is 0 Å². The van der Waals surface area contributed by atoms with Gasteiger partial charge in [0.1, 0.15) is 12.4 Å². The van der Waals surface area contributed by atoms with Gasteiger partial charge in [0, 0.05) is 6.54 Å². The van der Waals surface area contributed by atoms with E-state index in [0.717, 1.165) is 11.1 Å². The molecule has 5 N–H and O–H groups in total. The zero-order chi connectivity index (χ0) is 16.1. The zero-order valence-electron chi connectivity index (χ0n) is 12.4. The summed E-state index contributed by atoms with van der Waals surface area (Å²) < 4.78 is 5.47. The topological polar surface area (TPSA) is 113 Å². The first-order valence-corrected chi connectivity index (χ1v) is 7.57. The van der Waals surface area contributed by atoms with Gasteiger partial charge in [-0.05, 0) is 48.3 Å². The number of carboxylic acid groups (broad SMARTS) is 1. The quantitative estimate of drug-likeness (QED) is 0.524. The van der Waals surface area contributed by atoms with Gasteiger partial charge < -0.3 is 25.6 Å². The van der Waals surface area contributed by atoms with Crippen LogP contribution in [-0.2, 0) is 11.2 Å². The van der Waals surface area contributed by atoms with E-state index in [0.29, 0.717) is 38.2 Å². The number of hydrogen-bond donors (Lipinski definition) is 4. The van der Waals surface area contributed by atoms with Crippen LogP contribution in [0.15, 0.2) is 18.2 Å². The minimum atomic E-state index is -1.33. The fourth-order valence-electron chi connectivity index (χ4n) is 3.14. The number of nitrogens with two attached hydrogens (primary N) is 1. The van der Waals surface area contributed by atoms with E-state index in [4.69, 9.17) is 20.5 Å². The van der Waals surface area contributed by atoms with Crippen molar-refractivity contribution in [3.05, 3.63) is 29.3 Å². The normalized spacial score (nSPS) is 19.8. The molecule has 2 rings (SSSR count). The highest BCUT2D eigenvalue weighted by atomic mass is 16.5. The second kappa shape index (κ2) is 7.62. The third kappa shape index (κ3) is 4.00. The van der Waals surface area contributed by atoms with Crippen molar-refractivity contribution in [1.82, 2.24) is 0 Å². The van der Waals surface area contributed by atoms with Crippen LogP contribution in [-0.4, -0.2) is 41.4 Å². The van der Waals surface area contributed by atoms with E-state index in [2.05, 4.69) is 0 Å². The molecule has 0 spiro atoms. The molecule has 0 unspecified atom stereocenters. The molecule has 7 heteroatoms. The third-order valence-corrected chi connectivity index (χ3v) is 4.10. The molecule has 0 amide bonds. The van der Waals surface area contributed by atoms with E-state index in [1.807, 2.05) is 12.1 Å². The Morgan fingerprint density at radius 3 is 2.82 bits per heavy atom. The van der Waals surface area contributed by atoms with Gasteiger partial charge in [0.15, 0.2) is 0 Å². The largest absolute Gasteiger partial charge is 0.492 e. The predicted molar refractivity (Wildman–Crippen MR) is 82.8 cm³/mol. The lowest BCUT2D eigenvalue weighted by atomic mass is 9.80. The van der Waals surface area contributed by atoms with Crippen molar-refractivity contribution in [1.29, 1.82) is 0 Å². The fourth-order valence-corrected chi connectivity index (χ4v) is 3.14. The molecule has 0 bridgehead atoms. The number of carboxylic acids is 1. The summed E-state index contributed by atoms with van der Waals surface area (Å²) in [7, 11) is -1.33. The number of fused-ring (bicyclic) bond motifs is 1. The second-order valence-corrected chi connectivity index (χ2v) is 5.69. The Bertz CT molecular complexity index is 523. The number of benzene rings is 1. The van der Waals surface area contributed by atoms with Gasteiger partial charge in [-0.2, -0.15) is 0 Å². The van der Waals surface area contributed by atoms with Gasteiger partial charge in [-0.3, -0.25) is 4.79 Å². The number of ether oxygens (including phenoxy) is 1. The van der Waals surface area contributed by atoms with Gasteiger partial charge in [-0.25, -0.2) is 0 Å². The molecule has 1 aromatic carbocycles.